The van der Waals surface area contributed by atoms with Crippen LogP contribution < -0.4 is 5.32 Å². The summed E-state index contributed by atoms with van der Waals surface area (Å²) in [5.41, 5.74) is 1.97. The highest BCUT2D eigenvalue weighted by Gasteiger charge is 2.37. The molecule has 1 aromatic carbocycles. The fourth-order valence-electron chi connectivity index (χ4n) is 3.72. The number of benzene rings is 1. The molecular weight excluding hydrogens is 348 g/mol. The van der Waals surface area contributed by atoms with Gasteiger partial charge in [-0.3, -0.25) is 19.5 Å². The second kappa shape index (κ2) is 6.96. The highest BCUT2D eigenvalue weighted by molar-refractivity contribution is 6.04. The number of aliphatic hydroxyl groups excluding tert-OH is 1. The Morgan fingerprint density at radius 3 is 2.81 bits per heavy atom. The van der Waals surface area contributed by atoms with Crippen LogP contribution in [0.3, 0.4) is 0 Å². The van der Waals surface area contributed by atoms with Crippen LogP contribution in [0.1, 0.15) is 5.56 Å². The number of rotatable bonds is 4. The number of hydrogen-bond acceptors (Lipinski definition) is 5. The number of hydrogen-bond donors (Lipinski definition) is 2. The van der Waals surface area contributed by atoms with Crippen LogP contribution in [0.15, 0.2) is 36.5 Å². The van der Waals surface area contributed by atoms with Gasteiger partial charge in [0, 0.05) is 30.6 Å². The second-order valence-electron chi connectivity index (χ2n) is 6.96. The number of nitrogens with one attached hydrogen (secondary N) is 1. The molecule has 140 valence electrons. The molecular formula is C19H20N4O4. The lowest BCUT2D eigenvalue weighted by Crippen LogP contribution is -2.42. The zero-order valence-electron chi connectivity index (χ0n) is 14.7. The maximum Gasteiger partial charge on any atom is 0.325 e. The molecule has 2 N–H and O–H groups in total. The average molecular weight is 368 g/mol. The van der Waals surface area contributed by atoms with Crippen LogP contribution in [-0.4, -0.2) is 70.0 Å². The van der Waals surface area contributed by atoms with Gasteiger partial charge in [0.2, 0.25) is 5.91 Å². The summed E-state index contributed by atoms with van der Waals surface area (Å²) in [7, 11) is 0. The molecule has 0 radical (unpaired) electrons. The van der Waals surface area contributed by atoms with E-state index in [0.717, 1.165) is 21.4 Å². The van der Waals surface area contributed by atoms with Gasteiger partial charge in [-0.2, -0.15) is 0 Å². The minimum Gasteiger partial charge on any atom is -0.391 e. The smallest absolute Gasteiger partial charge is 0.325 e. The van der Waals surface area contributed by atoms with Gasteiger partial charge in [0.05, 0.1) is 18.2 Å². The lowest BCUT2D eigenvalue weighted by atomic mass is 9.94. The molecule has 0 bridgehead atoms. The van der Waals surface area contributed by atoms with Crippen LogP contribution in [0.4, 0.5) is 4.79 Å². The van der Waals surface area contributed by atoms with E-state index in [1.165, 1.54) is 4.90 Å². The van der Waals surface area contributed by atoms with E-state index in [2.05, 4.69) is 10.3 Å². The standard InChI is InChI=1S/C19H20N4O4/c24-16-10-22(18(26)11-23-17(25)8-21-19(23)27)9-13(16)7-12-5-6-20-15-4-2-1-3-14(12)15/h1-6,13,16,24H,7-11H2,(H,21,27)/t13-,16-/m1/s1. The third kappa shape index (κ3) is 3.35. The number of amides is 4. The van der Waals surface area contributed by atoms with Crippen LogP contribution in [0.25, 0.3) is 10.9 Å². The molecule has 8 nitrogen and oxygen atoms in total. The van der Waals surface area contributed by atoms with Crippen molar-refractivity contribution >= 4 is 28.7 Å². The summed E-state index contributed by atoms with van der Waals surface area (Å²) >= 11 is 0. The van der Waals surface area contributed by atoms with Gasteiger partial charge in [0.15, 0.2) is 0 Å². The van der Waals surface area contributed by atoms with Crippen LogP contribution >= 0.6 is 0 Å². The summed E-state index contributed by atoms with van der Waals surface area (Å²) in [6.07, 6.45) is 1.72. The summed E-state index contributed by atoms with van der Waals surface area (Å²) in [5, 5.41) is 13.9. The number of likely N-dealkylation sites (tertiary alicyclic amines) is 1. The van der Waals surface area contributed by atoms with E-state index >= 15 is 0 Å². The fourth-order valence-corrected chi connectivity index (χ4v) is 3.72. The Bertz CT molecular complexity index is 894. The van der Waals surface area contributed by atoms with Crippen molar-refractivity contribution in [3.8, 4) is 0 Å². The summed E-state index contributed by atoms with van der Waals surface area (Å²) in [6.45, 7) is 0.227. The van der Waals surface area contributed by atoms with E-state index in [0.29, 0.717) is 13.0 Å². The zero-order chi connectivity index (χ0) is 19.0. The summed E-state index contributed by atoms with van der Waals surface area (Å²) < 4.78 is 0. The Hall–Kier alpha value is -3.00. The topological polar surface area (TPSA) is 103 Å². The molecule has 8 heteroatoms. The summed E-state index contributed by atoms with van der Waals surface area (Å²) in [6, 6.07) is 9.21. The SMILES string of the molecule is O=C(CN1C(=O)CNC1=O)N1C[C@@H](Cc2ccnc3ccccc23)[C@H](O)C1. The zero-order valence-corrected chi connectivity index (χ0v) is 14.7. The Labute approximate surface area is 155 Å². The first kappa shape index (κ1) is 17.4. The largest absolute Gasteiger partial charge is 0.391 e. The molecule has 3 heterocycles. The van der Waals surface area contributed by atoms with Crippen molar-refractivity contribution < 1.29 is 19.5 Å². The molecule has 0 saturated carbocycles. The van der Waals surface area contributed by atoms with Crippen molar-refractivity contribution in [2.75, 3.05) is 26.2 Å². The molecule has 2 aromatic rings. The lowest BCUT2D eigenvalue weighted by molar-refractivity contribution is -0.136. The molecule has 2 aliphatic heterocycles. The van der Waals surface area contributed by atoms with E-state index < -0.39 is 18.0 Å². The first-order valence-electron chi connectivity index (χ1n) is 8.89. The fraction of sp³-hybridized carbons (Fsp3) is 0.368. The van der Waals surface area contributed by atoms with Crippen LogP contribution in [0.5, 0.6) is 0 Å². The van der Waals surface area contributed by atoms with Crippen LogP contribution in [0.2, 0.25) is 0 Å². The number of pyridine rings is 1. The first-order chi connectivity index (χ1) is 13.0. The number of fused-ring (bicyclic) bond motifs is 1. The Morgan fingerprint density at radius 2 is 2.04 bits per heavy atom. The molecule has 4 amide bonds. The Kier molecular flexibility index (Phi) is 4.49. The number of carbonyl (C=O) groups is 3. The number of β-amino-alcohol motifs (C(OH)–C–C–N with tert-alkyl or cyclic N) is 1. The molecule has 2 atom stereocenters. The number of imide groups is 1. The predicted molar refractivity (Wildman–Crippen MR) is 96.6 cm³/mol. The minimum atomic E-state index is -0.649. The molecule has 2 saturated heterocycles. The highest BCUT2D eigenvalue weighted by Crippen LogP contribution is 2.25. The maximum absolute atomic E-state index is 12.5. The van der Waals surface area contributed by atoms with E-state index in [9.17, 15) is 19.5 Å². The molecule has 2 fully saturated rings. The summed E-state index contributed by atoms with van der Waals surface area (Å²) in [4.78, 5) is 42.5. The number of nitrogens with zero attached hydrogens (tertiary/aromatic N) is 3. The van der Waals surface area contributed by atoms with Crippen molar-refractivity contribution in [3.05, 3.63) is 42.1 Å². The van der Waals surface area contributed by atoms with Gasteiger partial charge in [-0.05, 0) is 24.1 Å². The molecule has 0 aliphatic carbocycles. The molecule has 1 aromatic heterocycles. The summed E-state index contributed by atoms with van der Waals surface area (Å²) in [5.74, 6) is -0.850. The van der Waals surface area contributed by atoms with Crippen LogP contribution in [-0.2, 0) is 16.0 Å². The van der Waals surface area contributed by atoms with Crippen molar-refractivity contribution in [1.82, 2.24) is 20.1 Å². The van der Waals surface area contributed by atoms with Crippen molar-refractivity contribution in [2.24, 2.45) is 5.92 Å². The van der Waals surface area contributed by atoms with Crippen LogP contribution in [0, 0.1) is 5.92 Å². The maximum atomic E-state index is 12.5. The van der Waals surface area contributed by atoms with E-state index in [1.54, 1.807) is 6.20 Å². The van der Waals surface area contributed by atoms with Gasteiger partial charge in [-0.1, -0.05) is 18.2 Å². The third-order valence-electron chi connectivity index (χ3n) is 5.21. The van der Waals surface area contributed by atoms with Gasteiger partial charge in [0.25, 0.3) is 5.91 Å². The van der Waals surface area contributed by atoms with Gasteiger partial charge in [-0.25, -0.2) is 4.79 Å². The number of carbonyl (C=O) groups excluding carboxylic acids is 3. The number of aliphatic hydroxyl groups is 1. The second-order valence-corrected chi connectivity index (χ2v) is 6.96. The monoisotopic (exact) mass is 368 g/mol. The molecule has 0 unspecified atom stereocenters. The number of aromatic nitrogens is 1. The van der Waals surface area contributed by atoms with Gasteiger partial charge in [0.1, 0.15) is 6.54 Å². The third-order valence-corrected chi connectivity index (χ3v) is 5.21. The molecule has 2 aliphatic rings. The molecule has 4 rings (SSSR count). The molecule has 27 heavy (non-hydrogen) atoms. The van der Waals surface area contributed by atoms with Crippen molar-refractivity contribution in [3.63, 3.8) is 0 Å². The highest BCUT2D eigenvalue weighted by atomic mass is 16.3. The van der Waals surface area contributed by atoms with E-state index in [1.807, 2.05) is 30.3 Å². The van der Waals surface area contributed by atoms with E-state index in [-0.39, 0.29) is 31.5 Å². The van der Waals surface area contributed by atoms with Crippen molar-refractivity contribution in [1.29, 1.82) is 0 Å². The quantitative estimate of drug-likeness (QED) is 0.748. The van der Waals surface area contributed by atoms with Gasteiger partial charge < -0.3 is 15.3 Å². The Morgan fingerprint density at radius 1 is 1.22 bits per heavy atom. The Balaban J connectivity index is 1.44. The first-order valence-corrected chi connectivity index (χ1v) is 8.89. The number of para-hydroxylation sites is 1. The predicted octanol–water partition coefficient (Wildman–Crippen LogP) is 0.148. The van der Waals surface area contributed by atoms with Crippen molar-refractivity contribution in [2.45, 2.75) is 12.5 Å². The molecule has 0 spiro atoms. The lowest BCUT2D eigenvalue weighted by Gasteiger charge is -2.19. The normalized spacial score (nSPS) is 22.6. The number of urea groups is 1. The minimum absolute atomic E-state index is 0.0769. The van der Waals surface area contributed by atoms with Gasteiger partial charge in [-0.15, -0.1) is 0 Å². The average Bonchev–Trinajstić information content (AvgIpc) is 3.19. The van der Waals surface area contributed by atoms with Gasteiger partial charge >= 0.3 is 6.03 Å². The van der Waals surface area contributed by atoms with E-state index in [4.69, 9.17) is 0 Å².